The second-order valence-electron chi connectivity index (χ2n) is 4.84. The molecule has 0 aliphatic rings. The molecule has 1 heterocycles. The molecule has 0 aliphatic carbocycles. The number of nitrogens with zero attached hydrogens (tertiary/aromatic N) is 2. The minimum absolute atomic E-state index is 0.0324. The third-order valence-corrected chi connectivity index (χ3v) is 2.96. The molecule has 0 fully saturated rings. The Balaban J connectivity index is 2.25. The molecule has 5 nitrogen and oxygen atoms in total. The van der Waals surface area contributed by atoms with Crippen LogP contribution in [0.4, 0.5) is 0 Å². The monoisotopic (exact) mass is 272 g/mol. The summed E-state index contributed by atoms with van der Waals surface area (Å²) in [6.45, 7) is 6.14. The quantitative estimate of drug-likeness (QED) is 0.923. The molecule has 1 aromatic heterocycles. The number of aryl methyl sites for hydroxylation is 1. The van der Waals surface area contributed by atoms with Crippen LogP contribution in [-0.2, 0) is 0 Å². The van der Waals surface area contributed by atoms with Gasteiger partial charge in [-0.3, -0.25) is 0 Å². The molecule has 0 radical (unpaired) electrons. The van der Waals surface area contributed by atoms with E-state index in [1.54, 1.807) is 0 Å². The predicted octanol–water partition coefficient (Wildman–Crippen LogP) is 3.40. The van der Waals surface area contributed by atoms with Gasteiger partial charge in [0.1, 0.15) is 5.75 Å². The van der Waals surface area contributed by atoms with Gasteiger partial charge in [-0.1, -0.05) is 26.0 Å². The Morgan fingerprint density at radius 1 is 1.25 bits per heavy atom. The third-order valence-electron chi connectivity index (χ3n) is 2.96. The first-order valence-electron chi connectivity index (χ1n) is 6.31. The van der Waals surface area contributed by atoms with Crippen LogP contribution in [-0.4, -0.2) is 21.0 Å². The van der Waals surface area contributed by atoms with Crippen molar-refractivity contribution >= 4 is 5.97 Å². The molecule has 104 valence electrons. The summed E-state index contributed by atoms with van der Waals surface area (Å²) in [5.74, 6) is 0.0158. The molecule has 0 unspecified atom stereocenters. The molecule has 5 heteroatoms. The van der Waals surface area contributed by atoms with Gasteiger partial charge in [0.15, 0.2) is 0 Å². The van der Waals surface area contributed by atoms with E-state index in [0.717, 1.165) is 11.1 Å². The highest BCUT2D eigenvalue weighted by Gasteiger charge is 2.09. The number of ether oxygens (including phenoxy) is 1. The number of benzene rings is 1. The van der Waals surface area contributed by atoms with Crippen molar-refractivity contribution in [1.29, 1.82) is 0 Å². The standard InChI is InChI=1S/C15H16N2O3/c1-9(2)11-5-4-10(3)13(6-11)20-15-16-7-12(8-17-15)14(18)19/h4-9H,1-3H3,(H,18,19). The fraction of sp³-hybridized carbons (Fsp3) is 0.267. The number of aromatic carboxylic acids is 1. The summed E-state index contributed by atoms with van der Waals surface area (Å²) in [7, 11) is 0. The summed E-state index contributed by atoms with van der Waals surface area (Å²) in [4.78, 5) is 18.5. The summed E-state index contributed by atoms with van der Waals surface area (Å²) in [6.07, 6.45) is 2.46. The summed E-state index contributed by atoms with van der Waals surface area (Å²) >= 11 is 0. The van der Waals surface area contributed by atoms with E-state index < -0.39 is 5.97 Å². The zero-order valence-electron chi connectivity index (χ0n) is 11.6. The average molecular weight is 272 g/mol. The maximum absolute atomic E-state index is 10.7. The number of hydrogen-bond donors (Lipinski definition) is 1. The highest BCUT2D eigenvalue weighted by molar-refractivity contribution is 5.86. The molecule has 0 saturated heterocycles. The molecule has 0 spiro atoms. The van der Waals surface area contributed by atoms with E-state index in [2.05, 4.69) is 29.9 Å². The van der Waals surface area contributed by atoms with Gasteiger partial charge < -0.3 is 9.84 Å². The summed E-state index contributed by atoms with van der Waals surface area (Å²) in [5, 5.41) is 8.79. The topological polar surface area (TPSA) is 72.3 Å². The van der Waals surface area contributed by atoms with E-state index in [1.807, 2.05) is 19.1 Å². The van der Waals surface area contributed by atoms with Crippen molar-refractivity contribution in [2.45, 2.75) is 26.7 Å². The third kappa shape index (κ3) is 3.12. The lowest BCUT2D eigenvalue weighted by Crippen LogP contribution is -2.00. The molecule has 0 bridgehead atoms. The molecule has 0 amide bonds. The second kappa shape index (κ2) is 5.69. The van der Waals surface area contributed by atoms with Gasteiger partial charge in [0.2, 0.25) is 0 Å². The van der Waals surface area contributed by atoms with Crippen molar-refractivity contribution in [3.63, 3.8) is 0 Å². The predicted molar refractivity (Wildman–Crippen MR) is 74.3 cm³/mol. The van der Waals surface area contributed by atoms with E-state index in [9.17, 15) is 4.79 Å². The number of hydrogen-bond acceptors (Lipinski definition) is 4. The fourth-order valence-corrected chi connectivity index (χ4v) is 1.66. The van der Waals surface area contributed by atoms with Crippen LogP contribution in [0.5, 0.6) is 11.8 Å². The van der Waals surface area contributed by atoms with Gasteiger partial charge in [0.25, 0.3) is 0 Å². The first-order chi connectivity index (χ1) is 9.47. The minimum atomic E-state index is -1.06. The fourth-order valence-electron chi connectivity index (χ4n) is 1.66. The van der Waals surface area contributed by atoms with Gasteiger partial charge in [-0.2, -0.15) is 0 Å². The lowest BCUT2D eigenvalue weighted by Gasteiger charge is -2.11. The molecule has 0 saturated carbocycles. The summed E-state index contributed by atoms with van der Waals surface area (Å²) in [6, 6.07) is 6.13. The SMILES string of the molecule is Cc1ccc(C(C)C)cc1Oc1ncc(C(=O)O)cn1. The van der Waals surface area contributed by atoms with Crippen molar-refractivity contribution in [2.75, 3.05) is 0 Å². The Bertz CT molecular complexity index is 622. The van der Waals surface area contributed by atoms with E-state index >= 15 is 0 Å². The molecule has 2 aromatic rings. The lowest BCUT2D eigenvalue weighted by atomic mass is 10.0. The highest BCUT2D eigenvalue weighted by Crippen LogP contribution is 2.27. The average Bonchev–Trinajstić information content (AvgIpc) is 2.41. The van der Waals surface area contributed by atoms with Gasteiger partial charge in [-0.05, 0) is 30.0 Å². The summed E-state index contributed by atoms with van der Waals surface area (Å²) in [5.41, 5.74) is 2.16. The van der Waals surface area contributed by atoms with Crippen LogP contribution in [0.2, 0.25) is 0 Å². The Hall–Kier alpha value is -2.43. The Morgan fingerprint density at radius 3 is 2.45 bits per heavy atom. The van der Waals surface area contributed by atoms with Crippen LogP contribution in [0.25, 0.3) is 0 Å². The second-order valence-corrected chi connectivity index (χ2v) is 4.84. The van der Waals surface area contributed by atoms with E-state index in [0.29, 0.717) is 11.7 Å². The number of carbonyl (C=O) groups is 1. The molecular formula is C15H16N2O3. The minimum Gasteiger partial charge on any atom is -0.478 e. The van der Waals surface area contributed by atoms with Crippen molar-refractivity contribution in [3.05, 3.63) is 47.3 Å². The van der Waals surface area contributed by atoms with Crippen LogP contribution in [0.15, 0.2) is 30.6 Å². The van der Waals surface area contributed by atoms with E-state index in [1.165, 1.54) is 12.4 Å². The number of rotatable bonds is 4. The van der Waals surface area contributed by atoms with Gasteiger partial charge in [-0.15, -0.1) is 0 Å². The van der Waals surface area contributed by atoms with Crippen LogP contribution in [0, 0.1) is 6.92 Å². The van der Waals surface area contributed by atoms with Gasteiger partial charge in [-0.25, -0.2) is 14.8 Å². The Kier molecular flexibility index (Phi) is 3.98. The van der Waals surface area contributed by atoms with E-state index in [4.69, 9.17) is 9.84 Å². The van der Waals surface area contributed by atoms with Crippen LogP contribution in [0.1, 0.15) is 41.3 Å². The Labute approximate surface area is 117 Å². The van der Waals surface area contributed by atoms with Crippen LogP contribution in [0.3, 0.4) is 0 Å². The molecule has 2 rings (SSSR count). The number of aromatic nitrogens is 2. The van der Waals surface area contributed by atoms with Gasteiger partial charge in [0.05, 0.1) is 5.56 Å². The molecule has 0 atom stereocenters. The van der Waals surface area contributed by atoms with E-state index in [-0.39, 0.29) is 11.6 Å². The first kappa shape index (κ1) is 14.0. The molecule has 1 aromatic carbocycles. The van der Waals surface area contributed by atoms with Crippen LogP contribution < -0.4 is 4.74 Å². The zero-order chi connectivity index (χ0) is 14.7. The normalized spacial score (nSPS) is 10.6. The van der Waals surface area contributed by atoms with Gasteiger partial charge in [0, 0.05) is 12.4 Å². The Morgan fingerprint density at radius 2 is 1.90 bits per heavy atom. The van der Waals surface area contributed by atoms with Crippen molar-refractivity contribution < 1.29 is 14.6 Å². The highest BCUT2D eigenvalue weighted by atomic mass is 16.5. The molecule has 20 heavy (non-hydrogen) atoms. The molecular weight excluding hydrogens is 256 g/mol. The molecule has 0 aliphatic heterocycles. The summed E-state index contributed by atoms with van der Waals surface area (Å²) < 4.78 is 5.62. The number of carboxylic acids is 1. The maximum Gasteiger partial charge on any atom is 0.338 e. The molecule has 1 N–H and O–H groups in total. The van der Waals surface area contributed by atoms with Crippen molar-refractivity contribution in [2.24, 2.45) is 0 Å². The van der Waals surface area contributed by atoms with Crippen molar-refractivity contribution in [1.82, 2.24) is 9.97 Å². The van der Waals surface area contributed by atoms with Crippen LogP contribution >= 0.6 is 0 Å². The first-order valence-corrected chi connectivity index (χ1v) is 6.31. The maximum atomic E-state index is 10.7. The largest absolute Gasteiger partial charge is 0.478 e. The smallest absolute Gasteiger partial charge is 0.338 e. The van der Waals surface area contributed by atoms with Crippen molar-refractivity contribution in [3.8, 4) is 11.8 Å². The van der Waals surface area contributed by atoms with Gasteiger partial charge >= 0.3 is 12.0 Å². The number of carboxylic acid groups (broad SMARTS) is 1. The zero-order valence-corrected chi connectivity index (χ0v) is 11.6. The lowest BCUT2D eigenvalue weighted by molar-refractivity contribution is 0.0696.